The summed E-state index contributed by atoms with van der Waals surface area (Å²) in [6.07, 6.45) is 15.2. The van der Waals surface area contributed by atoms with Gasteiger partial charge >= 0.3 is 0 Å². The van der Waals surface area contributed by atoms with Crippen LogP contribution in [-0.4, -0.2) is 46.1 Å². The molecule has 1 aliphatic carbocycles. The number of piperidine rings is 1. The average Bonchev–Trinajstić information content (AvgIpc) is 3.14. The van der Waals surface area contributed by atoms with E-state index in [0.717, 1.165) is 36.7 Å². The van der Waals surface area contributed by atoms with Crippen molar-refractivity contribution in [2.45, 2.75) is 96.1 Å². The highest BCUT2D eigenvalue weighted by molar-refractivity contribution is 6.00. The van der Waals surface area contributed by atoms with Crippen LogP contribution in [0.25, 0.3) is 0 Å². The Morgan fingerprint density at radius 3 is 2.61 bits per heavy atom. The van der Waals surface area contributed by atoms with E-state index in [-0.39, 0.29) is 11.3 Å². The molecule has 1 aromatic heterocycles. The highest BCUT2D eigenvalue weighted by atomic mass is 16.1. The van der Waals surface area contributed by atoms with Crippen molar-refractivity contribution < 1.29 is 4.79 Å². The molecule has 3 heterocycles. The number of carbonyl (C=O) groups is 1. The third-order valence-corrected chi connectivity index (χ3v) is 7.23. The van der Waals surface area contributed by atoms with Crippen LogP contribution in [0.5, 0.6) is 0 Å². The SMILES string of the molecule is CC1(C)CC(C2CCCCC2)Nc2c(C(=O)CCCN3CCCCC3)cnn21. The summed E-state index contributed by atoms with van der Waals surface area (Å²) >= 11 is 0. The van der Waals surface area contributed by atoms with Gasteiger partial charge in [-0.05, 0) is 77.9 Å². The molecular weight excluding hydrogens is 348 g/mol. The molecule has 5 nitrogen and oxygen atoms in total. The van der Waals surface area contributed by atoms with Gasteiger partial charge in [-0.1, -0.05) is 25.7 Å². The maximum Gasteiger partial charge on any atom is 0.168 e. The number of aromatic nitrogens is 2. The number of carbonyl (C=O) groups excluding carboxylic acids is 1. The Kier molecular flexibility index (Phi) is 6.10. The Labute approximate surface area is 170 Å². The maximum absolute atomic E-state index is 13.0. The van der Waals surface area contributed by atoms with Gasteiger partial charge in [-0.3, -0.25) is 4.79 Å². The van der Waals surface area contributed by atoms with Crippen molar-refractivity contribution in [3.63, 3.8) is 0 Å². The zero-order valence-corrected chi connectivity index (χ0v) is 17.9. The molecule has 28 heavy (non-hydrogen) atoms. The Balaban J connectivity index is 1.41. The van der Waals surface area contributed by atoms with Gasteiger partial charge in [0.15, 0.2) is 5.78 Å². The smallest absolute Gasteiger partial charge is 0.168 e. The first-order valence-corrected chi connectivity index (χ1v) is 11.7. The van der Waals surface area contributed by atoms with Crippen molar-refractivity contribution in [3.05, 3.63) is 11.8 Å². The summed E-state index contributed by atoms with van der Waals surface area (Å²) in [5.41, 5.74) is 0.780. The van der Waals surface area contributed by atoms with Gasteiger partial charge in [-0.2, -0.15) is 5.10 Å². The van der Waals surface area contributed by atoms with Crippen LogP contribution in [-0.2, 0) is 5.54 Å². The number of likely N-dealkylation sites (tertiary alicyclic amines) is 1. The van der Waals surface area contributed by atoms with E-state index in [1.165, 1.54) is 64.5 Å². The molecule has 1 saturated heterocycles. The topological polar surface area (TPSA) is 50.2 Å². The van der Waals surface area contributed by atoms with Crippen molar-refractivity contribution >= 4 is 11.6 Å². The number of anilines is 1. The van der Waals surface area contributed by atoms with E-state index in [9.17, 15) is 4.79 Å². The van der Waals surface area contributed by atoms with Gasteiger partial charge in [-0.25, -0.2) is 4.68 Å². The Bertz CT molecular complexity index is 668. The first kappa shape index (κ1) is 19.9. The zero-order valence-electron chi connectivity index (χ0n) is 17.9. The number of fused-ring (bicyclic) bond motifs is 1. The summed E-state index contributed by atoms with van der Waals surface area (Å²) < 4.78 is 2.07. The molecule has 1 saturated carbocycles. The molecule has 1 aromatic rings. The molecule has 3 aliphatic rings. The summed E-state index contributed by atoms with van der Waals surface area (Å²) in [5, 5.41) is 8.39. The molecule has 0 amide bonds. The number of hydrogen-bond donors (Lipinski definition) is 1. The van der Waals surface area contributed by atoms with Crippen LogP contribution < -0.4 is 5.32 Å². The van der Waals surface area contributed by atoms with Crippen molar-refractivity contribution in [1.29, 1.82) is 0 Å². The number of nitrogens with zero attached hydrogens (tertiary/aromatic N) is 3. The van der Waals surface area contributed by atoms with Crippen molar-refractivity contribution in [2.75, 3.05) is 25.0 Å². The number of rotatable bonds is 6. The summed E-state index contributed by atoms with van der Waals surface area (Å²) in [6, 6.07) is 0.472. The molecule has 0 radical (unpaired) electrons. The van der Waals surface area contributed by atoms with Gasteiger partial charge in [0.1, 0.15) is 5.82 Å². The number of Topliss-reactive ketones (excluding diaryl/α,β-unsaturated/α-hetero) is 1. The average molecular weight is 387 g/mol. The lowest BCUT2D eigenvalue weighted by Gasteiger charge is -2.42. The Morgan fingerprint density at radius 2 is 1.86 bits per heavy atom. The first-order valence-electron chi connectivity index (χ1n) is 11.7. The van der Waals surface area contributed by atoms with Crippen LogP contribution in [0.4, 0.5) is 5.82 Å². The molecule has 4 rings (SSSR count). The second kappa shape index (κ2) is 8.56. The predicted molar refractivity (Wildman–Crippen MR) is 114 cm³/mol. The second-order valence-corrected chi connectivity index (χ2v) is 9.91. The van der Waals surface area contributed by atoms with Gasteiger partial charge in [0.25, 0.3) is 0 Å². The van der Waals surface area contributed by atoms with Crippen LogP contribution in [0.3, 0.4) is 0 Å². The minimum atomic E-state index is -0.0327. The third kappa shape index (κ3) is 4.29. The van der Waals surface area contributed by atoms with E-state index in [2.05, 4.69) is 33.8 Å². The van der Waals surface area contributed by atoms with E-state index in [0.29, 0.717) is 12.5 Å². The standard InChI is InChI=1S/C23H38N4O/c1-23(2)16-20(18-10-5-3-6-11-18)25-22-19(17-24-27(22)23)21(28)12-9-15-26-13-7-4-8-14-26/h17-18,20,25H,3-16H2,1-2H3. The molecule has 0 aromatic carbocycles. The molecule has 1 unspecified atom stereocenters. The first-order chi connectivity index (χ1) is 13.5. The maximum atomic E-state index is 13.0. The number of ketones is 1. The fourth-order valence-electron chi connectivity index (χ4n) is 5.60. The summed E-state index contributed by atoms with van der Waals surface area (Å²) in [4.78, 5) is 15.5. The zero-order chi connectivity index (χ0) is 19.6. The molecular formula is C23H38N4O. The largest absolute Gasteiger partial charge is 0.367 e. The quantitative estimate of drug-likeness (QED) is 0.711. The summed E-state index contributed by atoms with van der Waals surface area (Å²) in [7, 11) is 0. The van der Waals surface area contributed by atoms with Crippen molar-refractivity contribution in [1.82, 2.24) is 14.7 Å². The predicted octanol–water partition coefficient (Wildman–Crippen LogP) is 4.83. The van der Waals surface area contributed by atoms with Gasteiger partial charge in [-0.15, -0.1) is 0 Å². The van der Waals surface area contributed by atoms with Crippen LogP contribution in [0, 0.1) is 5.92 Å². The molecule has 5 heteroatoms. The van der Waals surface area contributed by atoms with Gasteiger partial charge in [0, 0.05) is 12.5 Å². The normalized spacial score (nSPS) is 25.9. The number of hydrogen-bond acceptors (Lipinski definition) is 4. The van der Waals surface area contributed by atoms with Gasteiger partial charge in [0.2, 0.25) is 0 Å². The molecule has 1 N–H and O–H groups in total. The molecule has 0 bridgehead atoms. The van der Waals surface area contributed by atoms with Crippen LogP contribution in [0.15, 0.2) is 6.20 Å². The summed E-state index contributed by atoms with van der Waals surface area (Å²) in [6.45, 7) is 8.00. The lowest BCUT2D eigenvalue weighted by atomic mass is 9.78. The van der Waals surface area contributed by atoms with Gasteiger partial charge in [0.05, 0.1) is 17.3 Å². The molecule has 0 spiro atoms. The lowest BCUT2D eigenvalue weighted by Crippen LogP contribution is -2.45. The second-order valence-electron chi connectivity index (χ2n) is 9.91. The Hall–Kier alpha value is -1.36. The third-order valence-electron chi connectivity index (χ3n) is 7.23. The Morgan fingerprint density at radius 1 is 1.14 bits per heavy atom. The fourth-order valence-corrected chi connectivity index (χ4v) is 5.60. The van der Waals surface area contributed by atoms with E-state index in [1.807, 2.05) is 6.20 Å². The van der Waals surface area contributed by atoms with Gasteiger partial charge < -0.3 is 10.2 Å². The summed E-state index contributed by atoms with van der Waals surface area (Å²) in [5.74, 6) is 1.97. The monoisotopic (exact) mass is 386 g/mol. The number of nitrogens with one attached hydrogen (secondary N) is 1. The van der Waals surface area contributed by atoms with Crippen molar-refractivity contribution in [3.8, 4) is 0 Å². The van der Waals surface area contributed by atoms with E-state index in [4.69, 9.17) is 0 Å². The van der Waals surface area contributed by atoms with Crippen LogP contribution >= 0.6 is 0 Å². The molecule has 156 valence electrons. The van der Waals surface area contributed by atoms with E-state index >= 15 is 0 Å². The van der Waals surface area contributed by atoms with E-state index in [1.54, 1.807) is 0 Å². The molecule has 1 atom stereocenters. The highest BCUT2D eigenvalue weighted by Crippen LogP contribution is 2.40. The fraction of sp³-hybridized carbons (Fsp3) is 0.826. The van der Waals surface area contributed by atoms with Crippen molar-refractivity contribution in [2.24, 2.45) is 5.92 Å². The molecule has 2 aliphatic heterocycles. The highest BCUT2D eigenvalue weighted by Gasteiger charge is 2.39. The van der Waals surface area contributed by atoms with Crippen LogP contribution in [0.1, 0.15) is 94.8 Å². The lowest BCUT2D eigenvalue weighted by molar-refractivity contribution is 0.0973. The van der Waals surface area contributed by atoms with E-state index < -0.39 is 0 Å². The molecule has 2 fully saturated rings. The van der Waals surface area contributed by atoms with Crippen LogP contribution in [0.2, 0.25) is 0 Å². The minimum Gasteiger partial charge on any atom is -0.367 e. The minimum absolute atomic E-state index is 0.0327.